The lowest BCUT2D eigenvalue weighted by Crippen LogP contribution is -2.44. The summed E-state index contributed by atoms with van der Waals surface area (Å²) in [6.45, 7) is 0.348. The van der Waals surface area contributed by atoms with Crippen molar-refractivity contribution >= 4 is 11.3 Å². The third-order valence-electron chi connectivity index (χ3n) is 2.34. The average molecular weight is 252 g/mol. The third-order valence-corrected chi connectivity index (χ3v) is 3.20. The molecule has 1 rings (SSSR count). The number of nitrogens with zero attached hydrogens (tertiary/aromatic N) is 1. The van der Waals surface area contributed by atoms with Gasteiger partial charge in [-0.25, -0.2) is 0 Å². The van der Waals surface area contributed by atoms with Gasteiger partial charge in [0.05, 0.1) is 0 Å². The van der Waals surface area contributed by atoms with Gasteiger partial charge in [-0.05, 0) is 31.5 Å². The first-order chi connectivity index (χ1) is 7.45. The van der Waals surface area contributed by atoms with Gasteiger partial charge >= 0.3 is 6.18 Å². The van der Waals surface area contributed by atoms with Crippen molar-refractivity contribution in [3.8, 4) is 0 Å². The predicted molar refractivity (Wildman–Crippen MR) is 59.3 cm³/mol. The van der Waals surface area contributed by atoms with Crippen molar-refractivity contribution in [3.63, 3.8) is 0 Å². The minimum atomic E-state index is -4.22. The Bertz CT molecular complexity index is 298. The van der Waals surface area contributed by atoms with Crippen LogP contribution in [-0.2, 0) is 6.54 Å². The maximum atomic E-state index is 12.7. The van der Waals surface area contributed by atoms with Crippen LogP contribution in [0.2, 0.25) is 0 Å². The van der Waals surface area contributed by atoms with E-state index in [4.69, 9.17) is 5.73 Å². The van der Waals surface area contributed by atoms with Crippen LogP contribution in [0.4, 0.5) is 13.2 Å². The fourth-order valence-corrected chi connectivity index (χ4v) is 2.32. The Morgan fingerprint density at radius 2 is 2.19 bits per heavy atom. The Hall–Kier alpha value is -0.590. The van der Waals surface area contributed by atoms with Gasteiger partial charge in [-0.3, -0.25) is 4.90 Å². The second-order valence-electron chi connectivity index (χ2n) is 3.63. The van der Waals surface area contributed by atoms with Crippen molar-refractivity contribution in [3.05, 3.63) is 22.4 Å². The molecule has 2 N–H and O–H groups in total. The zero-order valence-electron chi connectivity index (χ0n) is 9.00. The van der Waals surface area contributed by atoms with Crippen LogP contribution in [0.25, 0.3) is 0 Å². The molecular formula is C10H15F3N2S. The molecule has 0 amide bonds. The van der Waals surface area contributed by atoms with Crippen molar-refractivity contribution in [1.29, 1.82) is 0 Å². The van der Waals surface area contributed by atoms with E-state index in [2.05, 4.69) is 0 Å². The van der Waals surface area contributed by atoms with Crippen molar-refractivity contribution in [1.82, 2.24) is 4.90 Å². The fraction of sp³-hybridized carbons (Fsp3) is 0.600. The maximum absolute atomic E-state index is 12.7. The molecule has 16 heavy (non-hydrogen) atoms. The standard InChI is InChI=1S/C10H15F3N2S/c1-15(7-8-3-2-6-16-8)9(4-5-14)10(11,12)13/h2-3,6,9H,4-5,7,14H2,1H3. The van der Waals surface area contributed by atoms with Crippen LogP contribution in [0.1, 0.15) is 11.3 Å². The molecule has 6 heteroatoms. The zero-order valence-corrected chi connectivity index (χ0v) is 9.81. The highest BCUT2D eigenvalue weighted by Gasteiger charge is 2.41. The largest absolute Gasteiger partial charge is 0.404 e. The molecule has 0 aliphatic rings. The second-order valence-corrected chi connectivity index (χ2v) is 4.66. The highest BCUT2D eigenvalue weighted by Crippen LogP contribution is 2.27. The zero-order chi connectivity index (χ0) is 12.2. The molecule has 0 fully saturated rings. The summed E-state index contributed by atoms with van der Waals surface area (Å²) in [6, 6.07) is 2.20. The molecule has 0 spiro atoms. The number of hydrogen-bond acceptors (Lipinski definition) is 3. The first-order valence-corrected chi connectivity index (χ1v) is 5.82. The molecule has 0 saturated carbocycles. The molecule has 0 aliphatic carbocycles. The van der Waals surface area contributed by atoms with Gasteiger partial charge in [0, 0.05) is 11.4 Å². The summed E-state index contributed by atoms with van der Waals surface area (Å²) in [6.07, 6.45) is -4.28. The second kappa shape index (κ2) is 5.65. The minimum Gasteiger partial charge on any atom is -0.330 e. The lowest BCUT2D eigenvalue weighted by Gasteiger charge is -2.29. The van der Waals surface area contributed by atoms with E-state index in [0.717, 1.165) is 4.88 Å². The molecule has 0 bridgehead atoms. The molecule has 1 aromatic heterocycles. The minimum absolute atomic E-state index is 0.0406. The van der Waals surface area contributed by atoms with Gasteiger partial charge in [0.2, 0.25) is 0 Å². The predicted octanol–water partition coefficient (Wildman–Crippen LogP) is 2.46. The van der Waals surface area contributed by atoms with Gasteiger partial charge in [0.15, 0.2) is 0 Å². The number of halogens is 3. The lowest BCUT2D eigenvalue weighted by atomic mass is 10.1. The first-order valence-electron chi connectivity index (χ1n) is 4.94. The Balaban J connectivity index is 2.64. The van der Waals surface area contributed by atoms with E-state index in [0.29, 0.717) is 6.54 Å². The van der Waals surface area contributed by atoms with Crippen LogP contribution in [0.3, 0.4) is 0 Å². The first kappa shape index (κ1) is 13.5. The molecule has 1 unspecified atom stereocenters. The number of hydrogen-bond donors (Lipinski definition) is 1. The van der Waals surface area contributed by atoms with Gasteiger partial charge in [0.25, 0.3) is 0 Å². The average Bonchev–Trinajstić information content (AvgIpc) is 2.64. The normalized spacial score (nSPS) is 14.4. The van der Waals surface area contributed by atoms with E-state index in [1.54, 1.807) is 0 Å². The smallest absolute Gasteiger partial charge is 0.330 e. The van der Waals surface area contributed by atoms with Crippen LogP contribution in [-0.4, -0.2) is 30.7 Å². The Labute approximate surface area is 96.9 Å². The Morgan fingerprint density at radius 1 is 1.50 bits per heavy atom. The van der Waals surface area contributed by atoms with Crippen molar-refractivity contribution in [2.45, 2.75) is 25.2 Å². The van der Waals surface area contributed by atoms with Crippen LogP contribution >= 0.6 is 11.3 Å². The lowest BCUT2D eigenvalue weighted by molar-refractivity contribution is -0.182. The molecular weight excluding hydrogens is 237 g/mol. The number of nitrogens with two attached hydrogens (primary N) is 1. The van der Waals surface area contributed by atoms with Crippen LogP contribution < -0.4 is 5.73 Å². The highest BCUT2D eigenvalue weighted by molar-refractivity contribution is 7.09. The summed E-state index contributed by atoms with van der Waals surface area (Å²) in [5.41, 5.74) is 5.21. The summed E-state index contributed by atoms with van der Waals surface area (Å²) in [7, 11) is 1.48. The highest BCUT2D eigenvalue weighted by atomic mass is 32.1. The maximum Gasteiger partial charge on any atom is 0.404 e. The third kappa shape index (κ3) is 3.77. The Kier molecular flexibility index (Phi) is 4.76. The van der Waals surface area contributed by atoms with Crippen molar-refractivity contribution in [2.24, 2.45) is 5.73 Å². The summed E-state index contributed by atoms with van der Waals surface area (Å²) in [5, 5.41) is 1.86. The SMILES string of the molecule is CN(Cc1cccs1)C(CCN)C(F)(F)F. The summed E-state index contributed by atoms with van der Waals surface area (Å²) in [4.78, 5) is 2.23. The molecule has 1 aromatic rings. The molecule has 0 aliphatic heterocycles. The summed E-state index contributed by atoms with van der Waals surface area (Å²) in [5.74, 6) is 0. The van der Waals surface area contributed by atoms with E-state index in [1.807, 2.05) is 17.5 Å². The van der Waals surface area contributed by atoms with Gasteiger partial charge in [-0.1, -0.05) is 6.07 Å². The van der Waals surface area contributed by atoms with Gasteiger partial charge in [0.1, 0.15) is 6.04 Å². The summed E-state index contributed by atoms with van der Waals surface area (Å²) < 4.78 is 38.1. The van der Waals surface area contributed by atoms with Gasteiger partial charge < -0.3 is 5.73 Å². The molecule has 92 valence electrons. The quantitative estimate of drug-likeness (QED) is 0.872. The van der Waals surface area contributed by atoms with Crippen LogP contribution in [0.15, 0.2) is 17.5 Å². The number of alkyl halides is 3. The monoisotopic (exact) mass is 252 g/mol. The van der Waals surface area contributed by atoms with E-state index in [9.17, 15) is 13.2 Å². The number of rotatable bonds is 5. The topological polar surface area (TPSA) is 29.3 Å². The van der Waals surface area contributed by atoms with E-state index >= 15 is 0 Å². The number of thiophene rings is 1. The summed E-state index contributed by atoms with van der Waals surface area (Å²) >= 11 is 1.46. The van der Waals surface area contributed by atoms with E-state index in [1.165, 1.54) is 23.3 Å². The van der Waals surface area contributed by atoms with Gasteiger partial charge in [-0.2, -0.15) is 13.2 Å². The molecule has 0 radical (unpaired) electrons. The molecule has 1 heterocycles. The molecule has 0 saturated heterocycles. The van der Waals surface area contributed by atoms with Gasteiger partial charge in [-0.15, -0.1) is 11.3 Å². The van der Waals surface area contributed by atoms with Crippen LogP contribution in [0.5, 0.6) is 0 Å². The molecule has 1 atom stereocenters. The fourth-order valence-electron chi connectivity index (χ4n) is 1.55. The molecule has 0 aromatic carbocycles. The molecule has 2 nitrogen and oxygen atoms in total. The Morgan fingerprint density at radius 3 is 2.62 bits per heavy atom. The van der Waals surface area contributed by atoms with Crippen molar-refractivity contribution in [2.75, 3.05) is 13.6 Å². The van der Waals surface area contributed by atoms with Crippen LogP contribution in [0, 0.1) is 0 Å². The van der Waals surface area contributed by atoms with Crippen molar-refractivity contribution < 1.29 is 13.2 Å². The van der Waals surface area contributed by atoms with E-state index < -0.39 is 12.2 Å². The van der Waals surface area contributed by atoms with E-state index in [-0.39, 0.29) is 13.0 Å².